The number of thiazole rings is 1. The fourth-order valence-electron chi connectivity index (χ4n) is 1.85. The van der Waals surface area contributed by atoms with Crippen LogP contribution in [0.2, 0.25) is 5.02 Å². The highest BCUT2D eigenvalue weighted by molar-refractivity contribution is 7.22. The van der Waals surface area contributed by atoms with E-state index in [1.807, 2.05) is 18.2 Å². The van der Waals surface area contributed by atoms with Gasteiger partial charge in [0, 0.05) is 6.07 Å². The summed E-state index contributed by atoms with van der Waals surface area (Å²) in [6, 6.07) is 10.8. The van der Waals surface area contributed by atoms with Gasteiger partial charge < -0.3 is 9.84 Å². The second-order valence-electron chi connectivity index (χ2n) is 3.99. The van der Waals surface area contributed by atoms with Crippen molar-refractivity contribution < 1.29 is 9.84 Å². The van der Waals surface area contributed by atoms with E-state index in [1.165, 1.54) is 11.3 Å². The number of methoxy groups -OCH3 is 1. The van der Waals surface area contributed by atoms with Gasteiger partial charge in [0.2, 0.25) is 0 Å². The first-order chi connectivity index (χ1) is 9.19. The predicted octanol–water partition coefficient (Wildman–Crippen LogP) is 4.33. The molecule has 19 heavy (non-hydrogen) atoms. The van der Waals surface area contributed by atoms with Crippen molar-refractivity contribution in [3.63, 3.8) is 0 Å². The summed E-state index contributed by atoms with van der Waals surface area (Å²) < 4.78 is 5.99. The van der Waals surface area contributed by atoms with Gasteiger partial charge in [0.15, 0.2) is 0 Å². The SMILES string of the molecule is COc1ccc(-c2nc3cccc(Cl)c3s2)c(O)c1. The van der Waals surface area contributed by atoms with E-state index in [0.717, 1.165) is 15.2 Å². The molecule has 2 aromatic carbocycles. The van der Waals surface area contributed by atoms with Crippen LogP contribution >= 0.6 is 22.9 Å². The van der Waals surface area contributed by atoms with Crippen molar-refractivity contribution in [1.82, 2.24) is 4.98 Å². The topological polar surface area (TPSA) is 42.4 Å². The van der Waals surface area contributed by atoms with E-state index in [4.69, 9.17) is 16.3 Å². The van der Waals surface area contributed by atoms with Gasteiger partial charge in [-0.05, 0) is 24.3 Å². The second kappa shape index (κ2) is 4.72. The van der Waals surface area contributed by atoms with Crippen LogP contribution in [0.1, 0.15) is 0 Å². The van der Waals surface area contributed by atoms with Gasteiger partial charge in [0.25, 0.3) is 0 Å². The Bertz CT molecular complexity index is 754. The molecule has 3 aromatic rings. The van der Waals surface area contributed by atoms with Gasteiger partial charge in [-0.25, -0.2) is 4.98 Å². The minimum atomic E-state index is 0.148. The average Bonchev–Trinajstić information content (AvgIpc) is 2.83. The lowest BCUT2D eigenvalue weighted by atomic mass is 10.2. The normalized spacial score (nSPS) is 10.8. The molecular weight excluding hydrogens is 282 g/mol. The third-order valence-corrected chi connectivity index (χ3v) is 4.37. The van der Waals surface area contributed by atoms with Crippen molar-refractivity contribution in [2.24, 2.45) is 0 Å². The number of phenolic OH excluding ortho intramolecular Hbond substituents is 1. The molecule has 0 aliphatic heterocycles. The largest absolute Gasteiger partial charge is 0.507 e. The highest BCUT2D eigenvalue weighted by atomic mass is 35.5. The standard InChI is InChI=1S/C14H10ClNO2S/c1-18-8-5-6-9(12(17)7-8)14-16-11-4-2-3-10(15)13(11)19-14/h2-7,17H,1H3. The number of halogens is 1. The van der Waals surface area contributed by atoms with E-state index in [2.05, 4.69) is 4.98 Å². The number of rotatable bonds is 2. The molecule has 0 fully saturated rings. The Balaban J connectivity index is 2.16. The molecule has 1 aromatic heterocycles. The van der Waals surface area contributed by atoms with Crippen molar-refractivity contribution in [2.75, 3.05) is 7.11 Å². The lowest BCUT2D eigenvalue weighted by Gasteiger charge is -2.03. The molecule has 0 saturated heterocycles. The van der Waals surface area contributed by atoms with Crippen LogP contribution in [0.25, 0.3) is 20.8 Å². The van der Waals surface area contributed by atoms with Crippen molar-refractivity contribution in [3.8, 4) is 22.1 Å². The first kappa shape index (κ1) is 12.3. The fraction of sp³-hybridized carbons (Fsp3) is 0.0714. The van der Waals surface area contributed by atoms with E-state index in [0.29, 0.717) is 16.3 Å². The summed E-state index contributed by atoms with van der Waals surface area (Å²) >= 11 is 7.59. The van der Waals surface area contributed by atoms with E-state index >= 15 is 0 Å². The molecule has 3 nitrogen and oxygen atoms in total. The highest BCUT2D eigenvalue weighted by Crippen LogP contribution is 2.38. The summed E-state index contributed by atoms with van der Waals surface area (Å²) in [7, 11) is 1.56. The van der Waals surface area contributed by atoms with Gasteiger partial charge in [-0.15, -0.1) is 11.3 Å². The van der Waals surface area contributed by atoms with Crippen LogP contribution in [0, 0.1) is 0 Å². The van der Waals surface area contributed by atoms with E-state index in [1.54, 1.807) is 25.3 Å². The molecule has 5 heteroatoms. The molecule has 0 spiro atoms. The van der Waals surface area contributed by atoms with Crippen molar-refractivity contribution in [3.05, 3.63) is 41.4 Å². The number of hydrogen-bond donors (Lipinski definition) is 1. The maximum absolute atomic E-state index is 10.0. The van der Waals surface area contributed by atoms with Crippen LogP contribution in [-0.2, 0) is 0 Å². The third-order valence-electron chi connectivity index (χ3n) is 2.80. The molecule has 0 aliphatic carbocycles. The fourth-order valence-corrected chi connectivity index (χ4v) is 3.14. The lowest BCUT2D eigenvalue weighted by molar-refractivity contribution is 0.408. The second-order valence-corrected chi connectivity index (χ2v) is 5.40. The quantitative estimate of drug-likeness (QED) is 0.764. The zero-order chi connectivity index (χ0) is 13.4. The Morgan fingerprint density at radius 2 is 2.11 bits per heavy atom. The summed E-state index contributed by atoms with van der Waals surface area (Å²) in [5.74, 6) is 0.759. The number of benzene rings is 2. The zero-order valence-electron chi connectivity index (χ0n) is 10.1. The molecule has 1 heterocycles. The summed E-state index contributed by atoms with van der Waals surface area (Å²) in [6.45, 7) is 0. The number of fused-ring (bicyclic) bond motifs is 1. The van der Waals surface area contributed by atoms with Gasteiger partial charge in [-0.1, -0.05) is 17.7 Å². The Morgan fingerprint density at radius 1 is 1.26 bits per heavy atom. The molecule has 1 N–H and O–H groups in total. The number of nitrogens with zero attached hydrogens (tertiary/aromatic N) is 1. The highest BCUT2D eigenvalue weighted by Gasteiger charge is 2.12. The van der Waals surface area contributed by atoms with Crippen LogP contribution in [0.15, 0.2) is 36.4 Å². The van der Waals surface area contributed by atoms with Crippen molar-refractivity contribution in [2.45, 2.75) is 0 Å². The molecular formula is C14H10ClNO2S. The van der Waals surface area contributed by atoms with Gasteiger partial charge in [-0.2, -0.15) is 0 Å². The zero-order valence-corrected chi connectivity index (χ0v) is 11.6. The molecule has 0 aliphatic rings. The summed E-state index contributed by atoms with van der Waals surface area (Å²) in [4.78, 5) is 4.49. The van der Waals surface area contributed by atoms with Gasteiger partial charge >= 0.3 is 0 Å². The van der Waals surface area contributed by atoms with E-state index in [-0.39, 0.29) is 5.75 Å². The van der Waals surface area contributed by atoms with E-state index in [9.17, 15) is 5.11 Å². The first-order valence-electron chi connectivity index (χ1n) is 5.61. The number of ether oxygens (including phenoxy) is 1. The average molecular weight is 292 g/mol. The first-order valence-corrected chi connectivity index (χ1v) is 6.81. The van der Waals surface area contributed by atoms with Crippen molar-refractivity contribution in [1.29, 1.82) is 0 Å². The van der Waals surface area contributed by atoms with Crippen LogP contribution in [0.3, 0.4) is 0 Å². The summed E-state index contributed by atoms with van der Waals surface area (Å²) in [5.41, 5.74) is 1.51. The molecule has 0 radical (unpaired) electrons. The Kier molecular flexibility index (Phi) is 3.05. The predicted molar refractivity (Wildman–Crippen MR) is 78.3 cm³/mol. The van der Waals surface area contributed by atoms with Crippen LogP contribution in [0.4, 0.5) is 0 Å². The molecule has 3 rings (SSSR count). The number of phenols is 1. The Hall–Kier alpha value is -1.78. The number of aromatic nitrogens is 1. The molecule has 0 unspecified atom stereocenters. The maximum Gasteiger partial charge on any atom is 0.129 e. The molecule has 0 atom stereocenters. The molecule has 0 saturated carbocycles. The molecule has 0 bridgehead atoms. The van der Waals surface area contributed by atoms with Crippen LogP contribution in [0.5, 0.6) is 11.5 Å². The monoisotopic (exact) mass is 291 g/mol. The lowest BCUT2D eigenvalue weighted by Crippen LogP contribution is -1.83. The van der Waals surface area contributed by atoms with Crippen LogP contribution in [-0.4, -0.2) is 17.2 Å². The van der Waals surface area contributed by atoms with Gasteiger partial charge in [0.1, 0.15) is 16.5 Å². The minimum absolute atomic E-state index is 0.148. The smallest absolute Gasteiger partial charge is 0.129 e. The molecule has 96 valence electrons. The molecule has 0 amide bonds. The Labute approximate surface area is 119 Å². The number of aromatic hydroxyl groups is 1. The Morgan fingerprint density at radius 3 is 2.79 bits per heavy atom. The van der Waals surface area contributed by atoms with Crippen LogP contribution < -0.4 is 4.74 Å². The van der Waals surface area contributed by atoms with Crippen molar-refractivity contribution >= 4 is 33.2 Å². The van der Waals surface area contributed by atoms with Gasteiger partial charge in [-0.3, -0.25) is 0 Å². The van der Waals surface area contributed by atoms with E-state index < -0.39 is 0 Å². The summed E-state index contributed by atoms with van der Waals surface area (Å²) in [5, 5.41) is 11.4. The summed E-state index contributed by atoms with van der Waals surface area (Å²) in [6.07, 6.45) is 0. The van der Waals surface area contributed by atoms with Gasteiger partial charge in [0.05, 0.1) is 27.9 Å². The maximum atomic E-state index is 10.0. The minimum Gasteiger partial charge on any atom is -0.507 e. The number of hydrogen-bond acceptors (Lipinski definition) is 4. The third kappa shape index (κ3) is 2.13.